The number of aryl methyl sites for hydroxylation is 2. The highest BCUT2D eigenvalue weighted by Gasteiger charge is 2.39. The van der Waals surface area contributed by atoms with Crippen molar-refractivity contribution in [1.82, 2.24) is 0 Å². The van der Waals surface area contributed by atoms with Gasteiger partial charge in [-0.15, -0.1) is 0 Å². The molecule has 0 amide bonds. The monoisotopic (exact) mass is 418 g/mol. The van der Waals surface area contributed by atoms with Gasteiger partial charge in [0.05, 0.1) is 0 Å². The second kappa shape index (κ2) is 11.8. The maximum Gasteiger partial charge on any atom is 0.500 e. The van der Waals surface area contributed by atoms with Crippen molar-refractivity contribution in [2.75, 3.05) is 26.0 Å². The van der Waals surface area contributed by atoms with Crippen molar-refractivity contribution < 1.29 is 13.3 Å². The van der Waals surface area contributed by atoms with E-state index < -0.39 is 16.7 Å². The van der Waals surface area contributed by atoms with Gasteiger partial charge in [0.2, 0.25) is 0 Å². The molecule has 0 spiro atoms. The van der Waals surface area contributed by atoms with Crippen molar-refractivity contribution in [2.45, 2.75) is 47.1 Å². The maximum absolute atomic E-state index is 6.04. The molecule has 0 saturated carbocycles. The largest absolute Gasteiger partial charge is 0.500 e. The van der Waals surface area contributed by atoms with Crippen molar-refractivity contribution in [2.24, 2.45) is 0 Å². The Balaban J connectivity index is 2.17. The number of hydrogen-bond acceptors (Lipinski definition) is 3. The molecule has 0 radical (unpaired) electrons. The van der Waals surface area contributed by atoms with E-state index in [2.05, 4.69) is 62.4 Å². The molecule has 28 heavy (non-hydrogen) atoms. The van der Waals surface area contributed by atoms with Gasteiger partial charge in [0.25, 0.3) is 0 Å². The Hall–Kier alpha value is -1.03. The maximum atomic E-state index is 6.04. The van der Waals surface area contributed by atoms with Crippen LogP contribution in [0.4, 0.5) is 0 Å². The van der Waals surface area contributed by atoms with Crippen LogP contribution in [-0.2, 0) is 13.3 Å². The van der Waals surface area contributed by atoms with E-state index in [1.54, 1.807) is 0 Å². The smallest absolute Gasteiger partial charge is 0.374 e. The van der Waals surface area contributed by atoms with Crippen LogP contribution in [-0.4, -0.2) is 34.8 Å². The average molecular weight is 419 g/mol. The minimum atomic E-state index is -2.57. The van der Waals surface area contributed by atoms with Crippen LogP contribution in [0.1, 0.15) is 38.3 Å². The fourth-order valence-electron chi connectivity index (χ4n) is 3.31. The highest BCUT2D eigenvalue weighted by molar-refractivity contribution is 7.73. The quantitative estimate of drug-likeness (QED) is 0.351. The first-order valence-corrected chi connectivity index (χ1v) is 13.8. The normalized spacial score (nSPS) is 11.9. The predicted octanol–water partition coefficient (Wildman–Crippen LogP) is 5.17. The SMILES string of the molecule is CCO[Si](CCCP(c1ccc(C)cc1)c1ccc(C)cc1)(OCC)OCC. The van der Waals surface area contributed by atoms with Gasteiger partial charge in [0.15, 0.2) is 0 Å². The Morgan fingerprint density at radius 1 is 0.679 bits per heavy atom. The molecular formula is C23H35O3PSi. The Labute approximate surface area is 173 Å². The Bertz CT molecular complexity index is 625. The predicted molar refractivity (Wildman–Crippen MR) is 123 cm³/mol. The molecule has 0 bridgehead atoms. The summed E-state index contributed by atoms with van der Waals surface area (Å²) in [5.74, 6) is 0. The van der Waals surface area contributed by atoms with Gasteiger partial charge in [-0.3, -0.25) is 0 Å². The number of hydrogen-bond donors (Lipinski definition) is 0. The lowest BCUT2D eigenvalue weighted by Crippen LogP contribution is -2.46. The summed E-state index contributed by atoms with van der Waals surface area (Å²) in [7, 11) is -2.97. The topological polar surface area (TPSA) is 27.7 Å². The van der Waals surface area contributed by atoms with Crippen molar-refractivity contribution in [3.05, 3.63) is 59.7 Å². The highest BCUT2D eigenvalue weighted by atomic mass is 31.1. The standard InChI is InChI=1S/C23H35O3PSi/c1-6-24-28(25-7-2,26-8-3)19-9-18-27(22-14-10-20(4)11-15-22)23-16-12-21(5)13-17-23/h10-17H,6-9,18-19H2,1-5H3. The van der Waals surface area contributed by atoms with Gasteiger partial charge in [0.1, 0.15) is 0 Å². The summed E-state index contributed by atoms with van der Waals surface area (Å²) >= 11 is 0. The first kappa shape index (κ1) is 23.2. The molecular weight excluding hydrogens is 383 g/mol. The molecule has 2 aromatic rings. The third-order valence-electron chi connectivity index (χ3n) is 4.65. The van der Waals surface area contributed by atoms with Crippen LogP contribution in [0.2, 0.25) is 6.04 Å². The van der Waals surface area contributed by atoms with E-state index in [0.29, 0.717) is 19.8 Å². The molecule has 0 fully saturated rings. The molecule has 0 atom stereocenters. The van der Waals surface area contributed by atoms with Crippen LogP contribution in [0, 0.1) is 13.8 Å². The number of rotatable bonds is 12. The van der Waals surface area contributed by atoms with E-state index in [-0.39, 0.29) is 0 Å². The second-order valence-corrected chi connectivity index (χ2v) is 12.0. The van der Waals surface area contributed by atoms with Gasteiger partial charge < -0.3 is 13.3 Å². The van der Waals surface area contributed by atoms with Crippen molar-refractivity contribution >= 4 is 27.3 Å². The molecule has 0 unspecified atom stereocenters. The van der Waals surface area contributed by atoms with Crippen LogP contribution >= 0.6 is 7.92 Å². The summed E-state index contributed by atoms with van der Waals surface area (Å²) in [6.45, 7) is 12.3. The molecule has 0 aromatic heterocycles. The molecule has 2 aromatic carbocycles. The van der Waals surface area contributed by atoms with Crippen LogP contribution < -0.4 is 10.6 Å². The van der Waals surface area contributed by atoms with Gasteiger partial charge in [0, 0.05) is 25.9 Å². The van der Waals surface area contributed by atoms with Crippen LogP contribution in [0.5, 0.6) is 0 Å². The summed E-state index contributed by atoms with van der Waals surface area (Å²) in [6, 6.07) is 18.9. The molecule has 0 saturated heterocycles. The Morgan fingerprint density at radius 2 is 1.07 bits per heavy atom. The fourth-order valence-corrected chi connectivity index (χ4v) is 8.53. The lowest BCUT2D eigenvalue weighted by atomic mass is 10.2. The zero-order valence-electron chi connectivity index (χ0n) is 18.0. The molecule has 3 nitrogen and oxygen atoms in total. The summed E-state index contributed by atoms with van der Waals surface area (Å²) in [4.78, 5) is 0. The average Bonchev–Trinajstić information content (AvgIpc) is 2.68. The zero-order chi connectivity index (χ0) is 20.4. The lowest BCUT2D eigenvalue weighted by Gasteiger charge is -2.29. The van der Waals surface area contributed by atoms with Crippen molar-refractivity contribution in [1.29, 1.82) is 0 Å². The van der Waals surface area contributed by atoms with Crippen LogP contribution in [0.3, 0.4) is 0 Å². The second-order valence-electron chi connectivity index (χ2n) is 6.91. The third-order valence-corrected chi connectivity index (χ3v) is 10.4. The summed E-state index contributed by atoms with van der Waals surface area (Å²) in [5.41, 5.74) is 2.61. The summed E-state index contributed by atoms with van der Waals surface area (Å²) in [5, 5.41) is 2.86. The third kappa shape index (κ3) is 6.79. The van der Waals surface area contributed by atoms with Gasteiger partial charge in [-0.05, 0) is 65.7 Å². The van der Waals surface area contributed by atoms with E-state index >= 15 is 0 Å². The molecule has 5 heteroatoms. The Kier molecular flexibility index (Phi) is 9.83. The van der Waals surface area contributed by atoms with Gasteiger partial charge in [-0.25, -0.2) is 0 Å². The number of benzene rings is 2. The summed E-state index contributed by atoms with van der Waals surface area (Å²) < 4.78 is 18.1. The molecule has 154 valence electrons. The molecule has 0 heterocycles. The van der Waals surface area contributed by atoms with Crippen LogP contribution in [0.25, 0.3) is 0 Å². The molecule has 0 aliphatic heterocycles. The first-order valence-electron chi connectivity index (χ1n) is 10.4. The molecule has 2 rings (SSSR count). The molecule has 0 aliphatic carbocycles. The van der Waals surface area contributed by atoms with Crippen LogP contribution in [0.15, 0.2) is 48.5 Å². The minimum Gasteiger partial charge on any atom is -0.374 e. The van der Waals surface area contributed by atoms with E-state index in [9.17, 15) is 0 Å². The van der Waals surface area contributed by atoms with E-state index in [1.807, 2.05) is 20.8 Å². The van der Waals surface area contributed by atoms with E-state index in [0.717, 1.165) is 18.6 Å². The fraction of sp³-hybridized carbons (Fsp3) is 0.478. The zero-order valence-corrected chi connectivity index (χ0v) is 19.9. The first-order chi connectivity index (χ1) is 13.5. The van der Waals surface area contributed by atoms with E-state index in [1.165, 1.54) is 21.7 Å². The van der Waals surface area contributed by atoms with Crippen molar-refractivity contribution in [3.63, 3.8) is 0 Å². The minimum absolute atomic E-state index is 0.401. The molecule has 0 N–H and O–H groups in total. The van der Waals surface area contributed by atoms with Crippen molar-refractivity contribution in [3.8, 4) is 0 Å². The Morgan fingerprint density at radius 3 is 1.43 bits per heavy atom. The van der Waals surface area contributed by atoms with E-state index in [4.69, 9.17) is 13.3 Å². The molecule has 0 aliphatic rings. The van der Waals surface area contributed by atoms with Gasteiger partial charge >= 0.3 is 8.80 Å². The van der Waals surface area contributed by atoms with Gasteiger partial charge in [-0.1, -0.05) is 59.7 Å². The highest BCUT2D eigenvalue weighted by Crippen LogP contribution is 2.36. The van der Waals surface area contributed by atoms with Gasteiger partial charge in [-0.2, -0.15) is 0 Å². The lowest BCUT2D eigenvalue weighted by molar-refractivity contribution is 0.0712. The summed E-state index contributed by atoms with van der Waals surface area (Å²) in [6.07, 6.45) is 2.16.